The van der Waals surface area contributed by atoms with Gasteiger partial charge in [-0.15, -0.1) is 0 Å². The van der Waals surface area contributed by atoms with Gasteiger partial charge < -0.3 is 10.5 Å². The second kappa shape index (κ2) is 7.31. The molecule has 0 aromatic heterocycles. The van der Waals surface area contributed by atoms with E-state index < -0.39 is 10.0 Å². The third-order valence-corrected chi connectivity index (χ3v) is 4.99. The highest BCUT2D eigenvalue weighted by atomic mass is 32.2. The van der Waals surface area contributed by atoms with Crippen molar-refractivity contribution in [2.75, 3.05) is 32.1 Å². The van der Waals surface area contributed by atoms with Crippen molar-refractivity contribution in [3.8, 4) is 0 Å². The van der Waals surface area contributed by atoms with Crippen LogP contribution in [0.5, 0.6) is 0 Å². The van der Waals surface area contributed by atoms with E-state index in [9.17, 15) is 8.42 Å². The van der Waals surface area contributed by atoms with Crippen LogP contribution in [0, 0.1) is 0 Å². The normalized spacial score (nSPS) is 17.4. The summed E-state index contributed by atoms with van der Waals surface area (Å²) in [5.41, 5.74) is 5.46. The van der Waals surface area contributed by atoms with Gasteiger partial charge in [-0.2, -0.15) is 4.31 Å². The Morgan fingerprint density at radius 3 is 2.59 bits per heavy atom. The smallest absolute Gasteiger partial charge is 0.216 e. The van der Waals surface area contributed by atoms with E-state index in [1.165, 1.54) is 0 Å². The van der Waals surface area contributed by atoms with Gasteiger partial charge in [0.2, 0.25) is 10.0 Å². The molecular weight excluding hydrogens is 240 g/mol. The van der Waals surface area contributed by atoms with Gasteiger partial charge in [-0.25, -0.2) is 8.42 Å². The maximum absolute atomic E-state index is 12.2. The maximum atomic E-state index is 12.2. The number of nitrogens with zero attached hydrogens (tertiary/aromatic N) is 1. The second-order valence-corrected chi connectivity index (χ2v) is 6.39. The Morgan fingerprint density at radius 2 is 2.12 bits per heavy atom. The SMILES string of the molecule is CCOCCS(=O)(=O)N(CCCN)C1CCC1. The van der Waals surface area contributed by atoms with Gasteiger partial charge in [0.25, 0.3) is 0 Å². The molecule has 1 fully saturated rings. The molecule has 0 spiro atoms. The fraction of sp³-hybridized carbons (Fsp3) is 1.00. The quantitative estimate of drug-likeness (QED) is 0.617. The maximum Gasteiger partial charge on any atom is 0.216 e. The van der Waals surface area contributed by atoms with Crippen molar-refractivity contribution in [1.29, 1.82) is 0 Å². The minimum Gasteiger partial charge on any atom is -0.381 e. The predicted octanol–water partition coefficient (Wildman–Crippen LogP) is 0.556. The monoisotopic (exact) mass is 264 g/mol. The third kappa shape index (κ3) is 4.54. The molecule has 2 N–H and O–H groups in total. The first-order valence-electron chi connectivity index (χ1n) is 6.39. The third-order valence-electron chi connectivity index (χ3n) is 3.11. The van der Waals surface area contributed by atoms with E-state index in [-0.39, 0.29) is 18.4 Å². The molecular formula is C11H24N2O3S. The zero-order chi connectivity index (χ0) is 12.7. The first-order chi connectivity index (χ1) is 8.11. The zero-order valence-corrected chi connectivity index (χ0v) is 11.4. The molecule has 0 amide bonds. The van der Waals surface area contributed by atoms with Crippen molar-refractivity contribution in [1.82, 2.24) is 4.31 Å². The molecule has 0 aromatic rings. The Balaban J connectivity index is 2.53. The Morgan fingerprint density at radius 1 is 1.41 bits per heavy atom. The summed E-state index contributed by atoms with van der Waals surface area (Å²) in [4.78, 5) is 0. The fourth-order valence-corrected chi connectivity index (χ4v) is 3.53. The minimum atomic E-state index is -3.17. The summed E-state index contributed by atoms with van der Waals surface area (Å²) in [5, 5.41) is 0. The molecule has 1 saturated carbocycles. The van der Waals surface area contributed by atoms with Crippen molar-refractivity contribution in [3.05, 3.63) is 0 Å². The van der Waals surface area contributed by atoms with Gasteiger partial charge in [-0.05, 0) is 32.7 Å². The van der Waals surface area contributed by atoms with Gasteiger partial charge in [0, 0.05) is 19.2 Å². The highest BCUT2D eigenvalue weighted by Gasteiger charge is 2.32. The zero-order valence-electron chi connectivity index (χ0n) is 10.6. The van der Waals surface area contributed by atoms with Crippen LogP contribution in [0.1, 0.15) is 32.6 Å². The topological polar surface area (TPSA) is 72.6 Å². The number of nitrogens with two attached hydrogens (primary N) is 1. The fourth-order valence-electron chi connectivity index (χ4n) is 1.90. The average molecular weight is 264 g/mol. The Hall–Kier alpha value is -0.170. The summed E-state index contributed by atoms with van der Waals surface area (Å²) in [6.07, 6.45) is 3.83. The molecule has 1 aliphatic rings. The summed E-state index contributed by atoms with van der Waals surface area (Å²) in [6.45, 7) is 3.79. The summed E-state index contributed by atoms with van der Waals surface area (Å²) >= 11 is 0. The highest BCUT2D eigenvalue weighted by molar-refractivity contribution is 7.89. The van der Waals surface area contributed by atoms with E-state index in [1.807, 2.05) is 6.92 Å². The van der Waals surface area contributed by atoms with Gasteiger partial charge in [0.1, 0.15) is 0 Å². The average Bonchev–Trinajstić information content (AvgIpc) is 2.21. The van der Waals surface area contributed by atoms with E-state index in [2.05, 4.69) is 0 Å². The van der Waals surface area contributed by atoms with E-state index >= 15 is 0 Å². The molecule has 0 radical (unpaired) electrons. The van der Waals surface area contributed by atoms with Crippen molar-refractivity contribution in [2.24, 2.45) is 5.73 Å². The molecule has 17 heavy (non-hydrogen) atoms. The van der Waals surface area contributed by atoms with Gasteiger partial charge in [0.05, 0.1) is 12.4 Å². The molecule has 0 bridgehead atoms. The number of rotatable bonds is 9. The molecule has 6 heteroatoms. The largest absolute Gasteiger partial charge is 0.381 e. The van der Waals surface area contributed by atoms with Crippen LogP contribution in [-0.2, 0) is 14.8 Å². The lowest BCUT2D eigenvalue weighted by Crippen LogP contribution is -2.46. The first kappa shape index (κ1) is 14.9. The van der Waals surface area contributed by atoms with Crippen LogP contribution in [-0.4, -0.2) is 50.8 Å². The molecule has 1 aliphatic carbocycles. The number of hydrogen-bond donors (Lipinski definition) is 1. The molecule has 0 aliphatic heterocycles. The Labute approximate surface area is 104 Å². The van der Waals surface area contributed by atoms with Crippen molar-refractivity contribution in [3.63, 3.8) is 0 Å². The molecule has 0 aromatic carbocycles. The Bertz CT molecular complexity index is 302. The summed E-state index contributed by atoms with van der Waals surface area (Å²) in [5.74, 6) is 0.0852. The first-order valence-corrected chi connectivity index (χ1v) is 8.00. The number of sulfonamides is 1. The van der Waals surface area contributed by atoms with Crippen LogP contribution >= 0.6 is 0 Å². The summed E-state index contributed by atoms with van der Waals surface area (Å²) in [6, 6.07) is 0.202. The van der Waals surface area contributed by atoms with Gasteiger partial charge in [-0.1, -0.05) is 6.42 Å². The van der Waals surface area contributed by atoms with Crippen LogP contribution in [0.25, 0.3) is 0 Å². The van der Waals surface area contributed by atoms with Crippen LogP contribution in [0.15, 0.2) is 0 Å². The van der Waals surface area contributed by atoms with Crippen LogP contribution in [0.4, 0.5) is 0 Å². The second-order valence-electron chi connectivity index (χ2n) is 4.35. The van der Waals surface area contributed by atoms with E-state index in [0.29, 0.717) is 19.7 Å². The number of hydrogen-bond acceptors (Lipinski definition) is 4. The van der Waals surface area contributed by atoms with Gasteiger partial charge >= 0.3 is 0 Å². The van der Waals surface area contributed by atoms with Crippen molar-refractivity contribution >= 4 is 10.0 Å². The van der Waals surface area contributed by atoms with Gasteiger partial charge in [-0.3, -0.25) is 0 Å². The van der Waals surface area contributed by atoms with Crippen LogP contribution < -0.4 is 5.73 Å². The molecule has 1 rings (SSSR count). The molecule has 0 saturated heterocycles. The standard InChI is InChI=1S/C11H24N2O3S/c1-2-16-9-10-17(14,15)13(8-4-7-12)11-5-3-6-11/h11H,2-10,12H2,1H3. The van der Waals surface area contributed by atoms with E-state index in [4.69, 9.17) is 10.5 Å². The summed E-state index contributed by atoms with van der Waals surface area (Å²) in [7, 11) is -3.17. The van der Waals surface area contributed by atoms with Crippen molar-refractivity contribution < 1.29 is 13.2 Å². The lowest BCUT2D eigenvalue weighted by atomic mass is 9.93. The minimum absolute atomic E-state index is 0.0852. The number of ether oxygens (including phenoxy) is 1. The van der Waals surface area contributed by atoms with E-state index in [1.54, 1.807) is 4.31 Å². The molecule has 0 unspecified atom stereocenters. The predicted molar refractivity (Wildman–Crippen MR) is 68.3 cm³/mol. The Kier molecular flexibility index (Phi) is 6.40. The summed E-state index contributed by atoms with van der Waals surface area (Å²) < 4.78 is 31.1. The highest BCUT2D eigenvalue weighted by Crippen LogP contribution is 2.27. The van der Waals surface area contributed by atoms with E-state index in [0.717, 1.165) is 25.7 Å². The van der Waals surface area contributed by atoms with Gasteiger partial charge in [0.15, 0.2) is 0 Å². The van der Waals surface area contributed by atoms with Crippen LogP contribution in [0.2, 0.25) is 0 Å². The van der Waals surface area contributed by atoms with Crippen LogP contribution in [0.3, 0.4) is 0 Å². The van der Waals surface area contributed by atoms with Crippen molar-refractivity contribution in [2.45, 2.75) is 38.6 Å². The molecule has 102 valence electrons. The molecule has 5 nitrogen and oxygen atoms in total. The lowest BCUT2D eigenvalue weighted by molar-refractivity contribution is 0.160. The molecule has 0 atom stereocenters. The molecule has 0 heterocycles. The lowest BCUT2D eigenvalue weighted by Gasteiger charge is -2.36.